The number of hydroxylamine groups is 3. The molecule has 11 rings (SSSR count). The van der Waals surface area contributed by atoms with Crippen molar-refractivity contribution in [2.45, 2.75) is 223 Å². The molecule has 679 valence electrons. The van der Waals surface area contributed by atoms with Crippen molar-refractivity contribution in [1.82, 2.24) is 20.5 Å². The van der Waals surface area contributed by atoms with E-state index in [1.807, 2.05) is 138 Å². The number of terminal acetylenes is 3. The first-order chi connectivity index (χ1) is 56.6. The Kier molecular flexibility index (Phi) is 57.6. The summed E-state index contributed by atoms with van der Waals surface area (Å²) >= 11 is 3.12. The minimum Gasteiger partial charge on any atom is -1.00 e. The van der Waals surface area contributed by atoms with Gasteiger partial charge in [0.25, 0.3) is 0 Å². The van der Waals surface area contributed by atoms with Crippen molar-refractivity contribution < 1.29 is 73.0 Å². The second-order valence-corrected chi connectivity index (χ2v) is 28.6. The topological polar surface area (TPSA) is 328 Å². The molecule has 0 saturated carbocycles. The molecule has 6 aromatic heterocycles. The number of carbonyl (C=O) groups excluding carboxylic acids is 3. The zero-order valence-corrected chi connectivity index (χ0v) is 84.2. The average Bonchev–Trinajstić information content (AvgIpc) is 1.40. The normalized spacial score (nSPS) is 9.43. The van der Waals surface area contributed by atoms with Crippen LogP contribution in [0.25, 0.3) is 66.3 Å². The molecule has 0 saturated heterocycles. The fourth-order valence-electron chi connectivity index (χ4n) is 12.7. The number of benzene rings is 5. The van der Waals surface area contributed by atoms with Crippen LogP contribution >= 0.6 is 15.9 Å². The van der Waals surface area contributed by atoms with E-state index in [9.17, 15) is 43.2 Å². The third-order valence-electron chi connectivity index (χ3n) is 21.7. The van der Waals surface area contributed by atoms with E-state index in [1.165, 1.54) is 40.6 Å². The van der Waals surface area contributed by atoms with Gasteiger partial charge in [-0.3, -0.25) is 43.2 Å². The van der Waals surface area contributed by atoms with Gasteiger partial charge in [0.2, 0.25) is 17.3 Å². The Morgan fingerprint density at radius 3 is 0.961 bits per heavy atom. The number of ketones is 2. The Bertz CT molecular complexity index is 6220. The number of alkyl halides is 1. The van der Waals surface area contributed by atoms with E-state index in [4.69, 9.17) is 38.5 Å². The third kappa shape index (κ3) is 28.3. The number of nitrogens with one attached hydrogen (secondary N) is 2. The molecule has 0 unspecified atom stereocenters. The van der Waals surface area contributed by atoms with Crippen LogP contribution < -0.4 is 55.3 Å². The third-order valence-corrected chi connectivity index (χ3v) is 22.3. The molecular weight excluding hydrogens is 1750 g/mol. The summed E-state index contributed by atoms with van der Waals surface area (Å²) in [5.41, 5.74) is 31.6. The largest absolute Gasteiger partial charge is 2.00 e. The fraction of sp³-hybridized carbons (Fsp3) is 0.376. The molecule has 22 nitrogen and oxygen atoms in total. The van der Waals surface area contributed by atoms with E-state index < -0.39 is 11.9 Å². The summed E-state index contributed by atoms with van der Waals surface area (Å²) in [6, 6.07) is 0. The van der Waals surface area contributed by atoms with Gasteiger partial charge in [-0.2, -0.15) is 0 Å². The molecule has 0 atom stereocenters. The van der Waals surface area contributed by atoms with Crippen molar-refractivity contribution in [1.29, 1.82) is 0 Å². The summed E-state index contributed by atoms with van der Waals surface area (Å²) in [6.07, 6.45) is 20.6. The number of aromatic amines is 1. The average molecular weight is 1880 g/mol. The molecule has 127 heavy (non-hydrogen) atoms. The number of Topliss-reactive ketones (excluding diaryl/α,β-unsaturated/α-hetero) is 2. The summed E-state index contributed by atoms with van der Waals surface area (Å²) < 4.78 is 28.9. The number of hydrogen-bond acceptors (Lipinski definition) is 19. The number of H-pyrrole nitrogens is 1. The van der Waals surface area contributed by atoms with E-state index >= 15 is 0 Å². The van der Waals surface area contributed by atoms with Gasteiger partial charge in [0, 0.05) is 57.2 Å². The number of amides is 1. The molecule has 0 fully saturated rings. The number of fused-ring (bicyclic) bond motifs is 5. The van der Waals surface area contributed by atoms with E-state index in [2.05, 4.69) is 111 Å². The predicted octanol–water partition coefficient (Wildman–Crippen LogP) is 17.0. The Morgan fingerprint density at radius 1 is 0.472 bits per heavy atom. The van der Waals surface area contributed by atoms with Crippen LogP contribution in [0.2, 0.25) is 0 Å². The summed E-state index contributed by atoms with van der Waals surface area (Å²) in [6.45, 7) is 55.8. The Labute approximate surface area is 788 Å². The number of nitrogens with zero attached hydrogens (tertiary/aromatic N) is 2. The maximum absolute atomic E-state index is 12.8. The molecule has 0 spiro atoms. The number of hydrogen-bond donors (Lipinski definition) is 4. The van der Waals surface area contributed by atoms with Crippen LogP contribution in [0.3, 0.4) is 0 Å². The van der Waals surface area contributed by atoms with Crippen molar-refractivity contribution in [2.24, 2.45) is 5.73 Å². The van der Waals surface area contributed by atoms with E-state index in [0.29, 0.717) is 82.9 Å². The molecule has 3 radical (unpaired) electrons. The molecule has 0 aliphatic rings. The summed E-state index contributed by atoms with van der Waals surface area (Å²) in [7, 11) is 7.64. The van der Waals surface area contributed by atoms with Gasteiger partial charge in [0.05, 0.1) is 59.0 Å². The van der Waals surface area contributed by atoms with Crippen molar-refractivity contribution in [3.05, 3.63) is 233 Å². The van der Waals surface area contributed by atoms with Crippen molar-refractivity contribution in [3.63, 3.8) is 0 Å². The maximum atomic E-state index is 12.8. The van der Waals surface area contributed by atoms with Crippen LogP contribution in [0.15, 0.2) is 58.6 Å². The van der Waals surface area contributed by atoms with Crippen molar-refractivity contribution >= 4 is 126 Å². The van der Waals surface area contributed by atoms with Crippen LogP contribution in [0.1, 0.15) is 231 Å². The smallest absolute Gasteiger partial charge is 1.00 e. The van der Waals surface area contributed by atoms with Gasteiger partial charge in [0.15, 0.2) is 50.2 Å². The number of imidazole rings is 1. The molecule has 0 aliphatic heterocycles. The van der Waals surface area contributed by atoms with Crippen LogP contribution in [-0.2, 0) is 9.68 Å². The number of aromatic nitrogens is 2. The number of carbonyl (C=O) groups is 4. The molecule has 26 heteroatoms. The first kappa shape index (κ1) is 127. The van der Waals surface area contributed by atoms with Gasteiger partial charge in [0.1, 0.15) is 33.6 Å². The second-order valence-electron chi connectivity index (χ2n) is 28.0. The minimum atomic E-state index is -1.22. The molecule has 0 aliphatic carbocycles. The predicted molar refractivity (Wildman–Crippen MR) is 526 cm³/mol. The van der Waals surface area contributed by atoms with Crippen LogP contribution in [-0.4, -0.2) is 116 Å². The van der Waals surface area contributed by atoms with E-state index in [-0.39, 0.29) is 143 Å². The first-order valence-corrected chi connectivity index (χ1v) is 39.3. The van der Waals surface area contributed by atoms with Crippen molar-refractivity contribution in [2.75, 3.05) is 40.7 Å². The van der Waals surface area contributed by atoms with Crippen LogP contribution in [0, 0.1) is 242 Å². The van der Waals surface area contributed by atoms with Gasteiger partial charge in [-0.25, -0.2) is 20.3 Å². The van der Waals surface area contributed by atoms with Crippen molar-refractivity contribution in [3.8, 4) is 72.7 Å². The van der Waals surface area contributed by atoms with Gasteiger partial charge < -0.3 is 67.2 Å². The number of carboxylic acids is 1. The Hall–Kier alpha value is -10.9. The van der Waals surface area contributed by atoms with E-state index in [1.54, 1.807) is 68.2 Å². The van der Waals surface area contributed by atoms with E-state index in [0.717, 1.165) is 116 Å². The fourth-order valence-corrected chi connectivity index (χ4v) is 13.0. The quantitative estimate of drug-likeness (QED) is 0.0274. The Morgan fingerprint density at radius 2 is 0.724 bits per heavy atom. The zero-order valence-electron chi connectivity index (χ0n) is 79.7. The van der Waals surface area contributed by atoms with Crippen LogP contribution in [0.5, 0.6) is 0 Å². The van der Waals surface area contributed by atoms with Gasteiger partial charge >= 0.3 is 34.9 Å². The monoisotopic (exact) mass is 1880 g/mol. The molecular formula is C101H129BBr2MgN5O17. The first-order valence-electron chi connectivity index (χ1n) is 38.2. The molecule has 1 amide bonds. The molecule has 5 N–H and O–H groups in total. The van der Waals surface area contributed by atoms with Gasteiger partial charge in [-0.1, -0.05) is 36.7 Å². The number of carboxylic acid groups (broad SMARTS) is 1. The minimum absolute atomic E-state index is 0. The Balaban J connectivity index is -0.000000338. The molecule has 0 bridgehead atoms. The number of nitrogens with two attached hydrogens (primary N) is 1. The summed E-state index contributed by atoms with van der Waals surface area (Å²) in [4.78, 5) is 126. The number of aryl methyl sites for hydroxylation is 10. The summed E-state index contributed by atoms with van der Waals surface area (Å²) in [5, 5.41) is 13.2. The van der Waals surface area contributed by atoms with Gasteiger partial charge in [-0.15, -0.1) is 43.5 Å². The van der Waals surface area contributed by atoms with Gasteiger partial charge in [-0.05, 0) is 331 Å². The molecule has 6 heterocycles. The molecule has 5 aromatic carbocycles. The molecule has 11 aromatic rings. The SMILES string of the molecule is C.C.C#C.C#CC.C#CC#CC.CC#CC.CC(=O)c1oc2c(C)c(C)c(C)c(C)c2c(=O)c1C.CN.CNOC.CON(C)C(=O)c1oc2c(C)c(C)c(C)c(C)c2c(=O)c1C.Cc1c(C)c(C)c2c(=O)c(C)c(-c3cnc[nH]3)oc2c1C.Cc1c(C)c(C)c2c(=O)c(C)c(C(=O)CBr)oc2c1C.Cc1c(C)c(C)c2c(=O)c(C)c(C(=O)O)oc2c1C.[B].[Br-].[CH3-].[Mg+2]. The maximum Gasteiger partial charge on any atom is 2.00 e. The number of aromatic carboxylic acids is 1. The summed E-state index contributed by atoms with van der Waals surface area (Å²) in [5.74, 6) is 13.2. The number of rotatable bonds is 8. The number of halogens is 2. The van der Waals surface area contributed by atoms with Crippen LogP contribution in [0.4, 0.5) is 0 Å². The standard InChI is InChI=1S/C17H18N2O2.C17H21NO4.C16H17BrO3.C16H18O3.C15H16O4.C5H4.C4H6.C3H4.C2H7NO.C2H2.CH5N.2CH4.CH3.B.BrH.Mg/c1-8-9(2)11(4)17-14(10(8)3)15(20)12(5)16(21-17)13-6-18-7-19-13;1-8-9(2)11(4)15-13(10(8)3)14(19)12(5)16(22-15)17(20)18(6)21-7;1-7-8(2)10(4)16-13(9(7)3)14(19)11(5)15(20-16)12(18)6-17;1-7-8(2)10(4)16-13(9(7)3)14(18)11(5)15(19-16)12(6)17;1-6-7(2)9(4)13-11(8(6)3)12(16)10(5)14(19-13)15(17)18;1-3-5-4-2;1-3-4-2;1-3-2;1-3-4-2;2*1-2;;;;;;/h6-7H,1-5H3,(H,18,19);1-7H3;6H2,1-5H3;1-6H3;1-5H3,(H,17,18);1H,2H3;1-2H3;1H,2H3;3H,1-2H3;1-2H;2H2,1H3;2*1H4;1H3;;1H;/q;;;;;;;;;;;;;-1;;;+2/p-1. The second kappa shape index (κ2) is 57.7. The zero-order chi connectivity index (χ0) is 93.9.